The molecule has 13 heteroatoms. The second-order valence-corrected chi connectivity index (χ2v) is 5.67. The molecular weight excluding hydrogens is 383 g/mol. The lowest BCUT2D eigenvalue weighted by Crippen LogP contribution is -2.17. The third-order valence-corrected chi connectivity index (χ3v) is 3.96. The van der Waals surface area contributed by atoms with Crippen molar-refractivity contribution in [1.82, 2.24) is 29.8 Å². The van der Waals surface area contributed by atoms with E-state index >= 15 is 0 Å². The van der Waals surface area contributed by atoms with Gasteiger partial charge in [-0.25, -0.2) is 4.98 Å². The number of aromatic nitrogens is 6. The maximum Gasteiger partial charge on any atom is 0.573 e. The summed E-state index contributed by atoms with van der Waals surface area (Å²) < 4.78 is 67.9. The molecule has 26 heavy (non-hydrogen) atoms. The Morgan fingerprint density at radius 3 is 2.54 bits per heavy atom. The van der Waals surface area contributed by atoms with Crippen LogP contribution in [0.5, 0.6) is 5.75 Å². The smallest absolute Gasteiger partial charge is 0.406 e. The third kappa shape index (κ3) is 4.28. The predicted molar refractivity (Wildman–Crippen MR) is 78.9 cm³/mol. The molecule has 3 aromatic rings. The highest BCUT2D eigenvalue weighted by Gasteiger charge is 2.31. The van der Waals surface area contributed by atoms with Crippen LogP contribution in [0, 0.1) is 0 Å². The summed E-state index contributed by atoms with van der Waals surface area (Å²) in [6.07, 6.45) is -2.38. The van der Waals surface area contributed by atoms with E-state index in [-0.39, 0.29) is 22.5 Å². The topological polar surface area (TPSA) is 70.7 Å². The van der Waals surface area contributed by atoms with E-state index in [1.807, 2.05) is 0 Å². The van der Waals surface area contributed by atoms with Crippen LogP contribution in [0.2, 0.25) is 0 Å². The van der Waals surface area contributed by atoms with Crippen LogP contribution in [0.4, 0.5) is 22.0 Å². The molecule has 0 spiro atoms. The Labute approximate surface area is 146 Å². The quantitative estimate of drug-likeness (QED) is 0.473. The molecule has 0 aliphatic rings. The Hall–Kier alpha value is -2.70. The number of rotatable bonds is 6. The standard InChI is InChI=1S/C13H9F5N6OS/c14-11(15)23-6-5-19-10(23)7-26-12-20-21-22-24(12)8-1-3-9(4-2-8)25-13(16,17)18/h1-6,11H,7H2. The van der Waals surface area contributed by atoms with E-state index < -0.39 is 12.9 Å². The third-order valence-electron chi connectivity index (χ3n) is 3.05. The van der Waals surface area contributed by atoms with Gasteiger partial charge in [0.15, 0.2) is 0 Å². The largest absolute Gasteiger partial charge is 0.573 e. The van der Waals surface area contributed by atoms with Gasteiger partial charge in [0.2, 0.25) is 5.16 Å². The van der Waals surface area contributed by atoms with Crippen molar-refractivity contribution in [2.45, 2.75) is 23.8 Å². The minimum Gasteiger partial charge on any atom is -0.406 e. The molecule has 2 aromatic heterocycles. The van der Waals surface area contributed by atoms with E-state index in [1.54, 1.807) is 0 Å². The molecule has 0 saturated carbocycles. The Morgan fingerprint density at radius 2 is 1.88 bits per heavy atom. The molecule has 1 aromatic carbocycles. The molecule has 0 radical (unpaired) electrons. The van der Waals surface area contributed by atoms with Gasteiger partial charge in [0.1, 0.15) is 11.6 Å². The van der Waals surface area contributed by atoms with Crippen molar-refractivity contribution in [3.05, 3.63) is 42.5 Å². The van der Waals surface area contributed by atoms with Gasteiger partial charge in [-0.3, -0.25) is 4.57 Å². The minimum absolute atomic E-state index is 0.0764. The van der Waals surface area contributed by atoms with Crippen LogP contribution in [0.25, 0.3) is 5.69 Å². The number of hydrogen-bond donors (Lipinski definition) is 0. The first-order valence-corrected chi connectivity index (χ1v) is 7.89. The molecule has 0 atom stereocenters. The number of alkyl halides is 5. The zero-order valence-electron chi connectivity index (χ0n) is 12.6. The van der Waals surface area contributed by atoms with Crippen LogP contribution in [0.1, 0.15) is 12.4 Å². The number of hydrogen-bond acceptors (Lipinski definition) is 6. The first-order chi connectivity index (χ1) is 12.3. The molecule has 3 rings (SSSR count). The highest BCUT2D eigenvalue weighted by molar-refractivity contribution is 7.98. The maximum absolute atomic E-state index is 12.8. The monoisotopic (exact) mass is 392 g/mol. The summed E-state index contributed by atoms with van der Waals surface area (Å²) in [4.78, 5) is 3.85. The average Bonchev–Trinajstić information content (AvgIpc) is 3.21. The van der Waals surface area contributed by atoms with Crippen LogP contribution >= 0.6 is 11.8 Å². The SMILES string of the molecule is FC(F)n1ccnc1CSc1nnnn1-c1ccc(OC(F)(F)F)cc1. The molecule has 0 unspecified atom stereocenters. The number of thioether (sulfide) groups is 1. The second kappa shape index (κ2) is 7.27. The lowest BCUT2D eigenvalue weighted by atomic mass is 10.3. The van der Waals surface area contributed by atoms with E-state index in [9.17, 15) is 22.0 Å². The summed E-state index contributed by atoms with van der Waals surface area (Å²) >= 11 is 1.05. The van der Waals surface area contributed by atoms with Crippen molar-refractivity contribution >= 4 is 11.8 Å². The molecule has 0 bridgehead atoms. The zero-order chi connectivity index (χ0) is 18.7. The number of halogens is 5. The predicted octanol–water partition coefficient (Wildman–Crippen LogP) is 3.44. The number of benzene rings is 1. The normalized spacial score (nSPS) is 11.9. The van der Waals surface area contributed by atoms with Crippen LogP contribution in [0.3, 0.4) is 0 Å². The Balaban J connectivity index is 1.73. The van der Waals surface area contributed by atoms with Gasteiger partial charge in [-0.15, -0.1) is 18.3 Å². The van der Waals surface area contributed by atoms with E-state index in [4.69, 9.17) is 0 Å². The number of ether oxygens (including phenoxy) is 1. The van der Waals surface area contributed by atoms with Gasteiger partial charge in [0.05, 0.1) is 11.4 Å². The van der Waals surface area contributed by atoms with Gasteiger partial charge in [0.25, 0.3) is 0 Å². The molecular formula is C13H9F5N6OS. The van der Waals surface area contributed by atoms with Crippen LogP contribution in [0.15, 0.2) is 41.8 Å². The number of tetrazole rings is 1. The fraction of sp³-hybridized carbons (Fsp3) is 0.231. The number of imidazole rings is 1. The zero-order valence-corrected chi connectivity index (χ0v) is 13.5. The summed E-state index contributed by atoms with van der Waals surface area (Å²) in [7, 11) is 0. The van der Waals surface area contributed by atoms with Crippen LogP contribution < -0.4 is 4.74 Å². The van der Waals surface area contributed by atoms with Gasteiger partial charge in [0, 0.05) is 12.4 Å². The molecule has 138 valence electrons. The molecule has 0 aliphatic carbocycles. The summed E-state index contributed by atoms with van der Waals surface area (Å²) in [5.74, 6) is -0.177. The van der Waals surface area contributed by atoms with E-state index in [0.717, 1.165) is 30.1 Å². The molecule has 7 nitrogen and oxygen atoms in total. The lowest BCUT2D eigenvalue weighted by molar-refractivity contribution is -0.274. The van der Waals surface area contributed by atoms with Crippen molar-refractivity contribution in [2.75, 3.05) is 0 Å². The van der Waals surface area contributed by atoms with Gasteiger partial charge in [-0.1, -0.05) is 11.8 Å². The lowest BCUT2D eigenvalue weighted by Gasteiger charge is -2.09. The van der Waals surface area contributed by atoms with E-state index in [1.165, 1.54) is 23.0 Å². The summed E-state index contributed by atoms with van der Waals surface area (Å²) in [6.45, 7) is -2.72. The maximum atomic E-state index is 12.8. The first kappa shape index (κ1) is 18.1. The van der Waals surface area contributed by atoms with E-state index in [0.29, 0.717) is 10.3 Å². The number of nitrogens with zero attached hydrogens (tertiary/aromatic N) is 6. The van der Waals surface area contributed by atoms with E-state index in [2.05, 4.69) is 25.2 Å². The van der Waals surface area contributed by atoms with Gasteiger partial charge in [-0.2, -0.15) is 13.5 Å². The molecule has 0 amide bonds. The van der Waals surface area contributed by atoms with Crippen LogP contribution in [-0.4, -0.2) is 36.1 Å². The first-order valence-electron chi connectivity index (χ1n) is 6.91. The molecule has 0 N–H and O–H groups in total. The van der Waals surface area contributed by atoms with Crippen molar-refractivity contribution < 1.29 is 26.7 Å². The Kier molecular flexibility index (Phi) is 5.06. The fourth-order valence-electron chi connectivity index (χ4n) is 1.98. The molecule has 2 heterocycles. The van der Waals surface area contributed by atoms with Gasteiger partial charge >= 0.3 is 12.9 Å². The Bertz CT molecular complexity index is 863. The molecule has 0 fully saturated rings. The minimum atomic E-state index is -4.79. The highest BCUT2D eigenvalue weighted by Crippen LogP contribution is 2.26. The molecule has 0 saturated heterocycles. The van der Waals surface area contributed by atoms with Crippen molar-refractivity contribution in [3.63, 3.8) is 0 Å². The second-order valence-electron chi connectivity index (χ2n) is 4.73. The summed E-state index contributed by atoms with van der Waals surface area (Å²) in [6, 6.07) is 4.90. The van der Waals surface area contributed by atoms with Gasteiger partial charge < -0.3 is 4.74 Å². The van der Waals surface area contributed by atoms with Gasteiger partial charge in [-0.05, 0) is 34.7 Å². The fourth-order valence-corrected chi connectivity index (χ4v) is 2.82. The average molecular weight is 392 g/mol. The molecule has 0 aliphatic heterocycles. The van der Waals surface area contributed by atoms with Crippen molar-refractivity contribution in [1.29, 1.82) is 0 Å². The Morgan fingerprint density at radius 1 is 1.15 bits per heavy atom. The van der Waals surface area contributed by atoms with Crippen molar-refractivity contribution in [2.24, 2.45) is 0 Å². The van der Waals surface area contributed by atoms with Crippen LogP contribution in [-0.2, 0) is 5.75 Å². The van der Waals surface area contributed by atoms with Crippen molar-refractivity contribution in [3.8, 4) is 11.4 Å². The highest BCUT2D eigenvalue weighted by atomic mass is 32.2. The summed E-state index contributed by atoms with van der Waals surface area (Å²) in [5.41, 5.74) is 0.379. The summed E-state index contributed by atoms with van der Waals surface area (Å²) in [5, 5.41) is 11.3.